The average Bonchev–Trinajstić information content (AvgIpc) is 2.17. The molecule has 2 nitrogen and oxygen atoms in total. The molecule has 0 saturated carbocycles. The van der Waals surface area contributed by atoms with Gasteiger partial charge in [0.1, 0.15) is 0 Å². The molecular formula is C10H12F3NO. The number of rotatable bonds is 2. The number of amides is 1. The highest BCUT2D eigenvalue weighted by atomic mass is 19.4. The zero-order valence-electron chi connectivity index (χ0n) is 8.27. The predicted octanol–water partition coefficient (Wildman–Crippen LogP) is 2.19. The normalized spacial score (nSPS) is 18.3. The monoisotopic (exact) mass is 219 g/mol. The van der Waals surface area contributed by atoms with E-state index >= 15 is 0 Å². The Balaban J connectivity index is 2.96. The van der Waals surface area contributed by atoms with E-state index in [1.165, 1.54) is 19.2 Å². The van der Waals surface area contributed by atoms with E-state index in [9.17, 15) is 18.0 Å². The van der Waals surface area contributed by atoms with Crippen molar-refractivity contribution in [1.82, 2.24) is 5.32 Å². The Labute approximate surface area is 85.8 Å². The van der Waals surface area contributed by atoms with Crippen molar-refractivity contribution in [3.8, 4) is 0 Å². The predicted molar refractivity (Wildman–Crippen MR) is 50.1 cm³/mol. The summed E-state index contributed by atoms with van der Waals surface area (Å²) in [4.78, 5) is 11.2. The van der Waals surface area contributed by atoms with Crippen molar-refractivity contribution in [1.29, 1.82) is 0 Å². The number of halogens is 3. The van der Waals surface area contributed by atoms with Gasteiger partial charge in [-0.25, -0.2) is 0 Å². The molecule has 5 heteroatoms. The highest BCUT2D eigenvalue weighted by Gasteiger charge is 2.46. The van der Waals surface area contributed by atoms with Crippen LogP contribution >= 0.6 is 0 Å². The summed E-state index contributed by atoms with van der Waals surface area (Å²) in [6, 6.07) is 0. The van der Waals surface area contributed by atoms with Gasteiger partial charge in [0.2, 0.25) is 5.91 Å². The Morgan fingerprint density at radius 2 is 2.13 bits per heavy atom. The maximum Gasteiger partial charge on any atom is 0.404 e. The largest absolute Gasteiger partial charge is 0.404 e. The lowest BCUT2D eigenvalue weighted by molar-refractivity contribution is -0.173. The van der Waals surface area contributed by atoms with Gasteiger partial charge in [0, 0.05) is 7.05 Å². The zero-order valence-corrected chi connectivity index (χ0v) is 8.27. The van der Waals surface area contributed by atoms with Crippen molar-refractivity contribution in [2.45, 2.75) is 19.0 Å². The van der Waals surface area contributed by atoms with E-state index in [0.29, 0.717) is 6.42 Å². The molecule has 84 valence electrons. The van der Waals surface area contributed by atoms with E-state index < -0.39 is 18.0 Å². The molecule has 0 radical (unpaired) electrons. The topological polar surface area (TPSA) is 29.1 Å². The van der Waals surface area contributed by atoms with E-state index in [4.69, 9.17) is 0 Å². The van der Waals surface area contributed by atoms with Gasteiger partial charge in [0.05, 0.1) is 0 Å². The second-order valence-electron chi connectivity index (χ2n) is 3.27. The van der Waals surface area contributed by atoms with Crippen LogP contribution in [-0.4, -0.2) is 19.1 Å². The van der Waals surface area contributed by atoms with E-state index in [2.05, 4.69) is 0 Å². The molecule has 1 aliphatic carbocycles. The summed E-state index contributed by atoms with van der Waals surface area (Å²) in [6.45, 7) is 0. The SMILES string of the molecule is CNC(=O)[C@@H](C1=CCCC=C1)C(F)(F)F. The van der Waals surface area contributed by atoms with Gasteiger partial charge in [0.15, 0.2) is 5.92 Å². The van der Waals surface area contributed by atoms with Gasteiger partial charge in [-0.3, -0.25) is 4.79 Å². The summed E-state index contributed by atoms with van der Waals surface area (Å²) >= 11 is 0. The van der Waals surface area contributed by atoms with Gasteiger partial charge in [0.25, 0.3) is 0 Å². The summed E-state index contributed by atoms with van der Waals surface area (Å²) in [5, 5.41) is 2.04. The van der Waals surface area contributed by atoms with Crippen molar-refractivity contribution < 1.29 is 18.0 Å². The van der Waals surface area contributed by atoms with E-state index in [0.717, 1.165) is 6.42 Å². The second-order valence-corrected chi connectivity index (χ2v) is 3.27. The van der Waals surface area contributed by atoms with Gasteiger partial charge in [-0.2, -0.15) is 13.2 Å². The summed E-state index contributed by atoms with van der Waals surface area (Å²) in [7, 11) is 1.20. The third-order valence-electron chi connectivity index (χ3n) is 2.19. The third kappa shape index (κ3) is 2.84. The van der Waals surface area contributed by atoms with Crippen molar-refractivity contribution in [3.63, 3.8) is 0 Å². The maximum atomic E-state index is 12.6. The first-order valence-corrected chi connectivity index (χ1v) is 4.61. The van der Waals surface area contributed by atoms with Crippen LogP contribution in [0, 0.1) is 5.92 Å². The lowest BCUT2D eigenvalue weighted by atomic mass is 9.93. The highest BCUT2D eigenvalue weighted by Crippen LogP contribution is 2.34. The molecule has 0 spiro atoms. The van der Waals surface area contributed by atoms with E-state index in [-0.39, 0.29) is 5.57 Å². The summed E-state index contributed by atoms with van der Waals surface area (Å²) < 4.78 is 37.8. The number of hydrogen-bond donors (Lipinski definition) is 1. The van der Waals surface area contributed by atoms with Gasteiger partial charge in [-0.05, 0) is 18.4 Å². The molecular weight excluding hydrogens is 207 g/mol. The van der Waals surface area contributed by atoms with Crippen molar-refractivity contribution >= 4 is 5.91 Å². The fourth-order valence-electron chi connectivity index (χ4n) is 1.48. The number of hydrogen-bond acceptors (Lipinski definition) is 1. The number of carbonyl (C=O) groups excluding carboxylic acids is 1. The molecule has 0 aliphatic heterocycles. The molecule has 0 heterocycles. The van der Waals surface area contributed by atoms with Gasteiger partial charge >= 0.3 is 6.18 Å². The molecule has 0 aromatic carbocycles. The molecule has 0 fully saturated rings. The van der Waals surface area contributed by atoms with E-state index in [1.54, 1.807) is 6.08 Å². The molecule has 0 bridgehead atoms. The number of alkyl halides is 3. The molecule has 15 heavy (non-hydrogen) atoms. The van der Waals surface area contributed by atoms with Crippen LogP contribution < -0.4 is 5.32 Å². The Bertz CT molecular complexity index is 304. The lowest BCUT2D eigenvalue weighted by Gasteiger charge is -2.21. The number of nitrogens with one attached hydrogen (secondary N) is 1. The fourth-order valence-corrected chi connectivity index (χ4v) is 1.48. The van der Waals surface area contributed by atoms with Crippen molar-refractivity contribution in [2.75, 3.05) is 7.05 Å². The summed E-state index contributed by atoms with van der Waals surface area (Å²) in [5.74, 6) is -3.06. The molecule has 0 unspecified atom stereocenters. The molecule has 1 rings (SSSR count). The minimum atomic E-state index is -4.53. The van der Waals surface area contributed by atoms with Crippen LogP contribution in [-0.2, 0) is 4.79 Å². The first-order valence-electron chi connectivity index (χ1n) is 4.61. The Morgan fingerprint density at radius 3 is 2.53 bits per heavy atom. The molecule has 0 aromatic heterocycles. The lowest BCUT2D eigenvalue weighted by Crippen LogP contribution is -2.38. The Morgan fingerprint density at radius 1 is 1.47 bits per heavy atom. The van der Waals surface area contributed by atoms with Gasteiger partial charge in [-0.15, -0.1) is 0 Å². The Hall–Kier alpha value is -1.26. The van der Waals surface area contributed by atoms with Crippen LogP contribution in [0.1, 0.15) is 12.8 Å². The molecule has 1 atom stereocenters. The van der Waals surface area contributed by atoms with Crippen molar-refractivity contribution in [3.05, 3.63) is 23.8 Å². The summed E-state index contributed by atoms with van der Waals surface area (Å²) in [6.07, 6.45) is 1.23. The average molecular weight is 219 g/mol. The molecule has 0 aromatic rings. The number of carbonyl (C=O) groups is 1. The maximum absolute atomic E-state index is 12.6. The van der Waals surface area contributed by atoms with Gasteiger partial charge < -0.3 is 5.32 Å². The van der Waals surface area contributed by atoms with Crippen LogP contribution in [0.15, 0.2) is 23.8 Å². The van der Waals surface area contributed by atoms with Crippen molar-refractivity contribution in [2.24, 2.45) is 5.92 Å². The smallest absolute Gasteiger partial charge is 0.358 e. The van der Waals surface area contributed by atoms with Crippen LogP contribution in [0.25, 0.3) is 0 Å². The van der Waals surface area contributed by atoms with Crippen LogP contribution in [0.2, 0.25) is 0 Å². The number of allylic oxidation sites excluding steroid dienone is 3. The second kappa shape index (κ2) is 4.51. The highest BCUT2D eigenvalue weighted by molar-refractivity contribution is 5.82. The fraction of sp³-hybridized carbons (Fsp3) is 0.500. The third-order valence-corrected chi connectivity index (χ3v) is 2.19. The minimum Gasteiger partial charge on any atom is -0.358 e. The quantitative estimate of drug-likeness (QED) is 0.757. The van der Waals surface area contributed by atoms with E-state index in [1.807, 2.05) is 5.32 Å². The van der Waals surface area contributed by atoms with Crippen LogP contribution in [0.3, 0.4) is 0 Å². The molecule has 1 aliphatic rings. The zero-order chi connectivity index (χ0) is 11.5. The first kappa shape index (κ1) is 11.8. The summed E-state index contributed by atoms with van der Waals surface area (Å²) in [5.41, 5.74) is 0.0353. The molecule has 1 N–H and O–H groups in total. The molecule has 1 amide bonds. The first-order chi connectivity index (χ1) is 6.96. The minimum absolute atomic E-state index is 0.0353. The standard InChI is InChI=1S/C10H12F3NO/c1-14-9(15)8(10(11,12)13)7-5-3-2-4-6-7/h3,5-6,8H,2,4H2,1H3,(H,14,15)/t8-/m1/s1. The van der Waals surface area contributed by atoms with Crippen LogP contribution in [0.4, 0.5) is 13.2 Å². The molecule has 0 saturated heterocycles. The van der Waals surface area contributed by atoms with Crippen LogP contribution in [0.5, 0.6) is 0 Å². The van der Waals surface area contributed by atoms with Gasteiger partial charge in [-0.1, -0.05) is 18.2 Å². The Kier molecular flexibility index (Phi) is 3.55.